The molecule has 124 valence electrons. The number of esters is 1. The van der Waals surface area contributed by atoms with Crippen molar-refractivity contribution in [3.8, 4) is 5.75 Å². The molecule has 1 N–H and O–H groups in total. The summed E-state index contributed by atoms with van der Waals surface area (Å²) in [5.41, 5.74) is 0.0422. The van der Waals surface area contributed by atoms with Gasteiger partial charge in [0.15, 0.2) is 0 Å². The van der Waals surface area contributed by atoms with Crippen molar-refractivity contribution in [2.75, 3.05) is 19.5 Å². The van der Waals surface area contributed by atoms with E-state index >= 15 is 0 Å². The summed E-state index contributed by atoms with van der Waals surface area (Å²) in [6, 6.07) is 3.65. The molecule has 1 aromatic rings. The highest BCUT2D eigenvalue weighted by atomic mass is 16.6. The summed E-state index contributed by atoms with van der Waals surface area (Å²) in [6.07, 6.45) is -2.30. The number of carbonyl (C=O) groups is 2. The molecule has 23 heavy (non-hydrogen) atoms. The molecule has 0 heterocycles. The summed E-state index contributed by atoms with van der Waals surface area (Å²) in [4.78, 5) is 33.6. The zero-order valence-corrected chi connectivity index (χ0v) is 12.8. The van der Waals surface area contributed by atoms with Gasteiger partial charge in [0.2, 0.25) is 6.10 Å². The smallest absolute Gasteiger partial charge is 0.412 e. The number of nitro benzene ring substituents is 1. The Kier molecular flexibility index (Phi) is 6.07. The topological polar surface area (TPSA) is 117 Å². The first-order chi connectivity index (χ1) is 10.8. The lowest BCUT2D eigenvalue weighted by molar-refractivity contribution is -0.384. The molecule has 0 spiro atoms. The number of hydrogen-bond acceptors (Lipinski definition) is 7. The molecule has 0 aliphatic rings. The van der Waals surface area contributed by atoms with Crippen LogP contribution >= 0.6 is 0 Å². The predicted octanol–water partition coefficient (Wildman–Crippen LogP) is 2.27. The number of methoxy groups -OCH3 is 2. The Morgan fingerprint density at radius 1 is 1.35 bits per heavy atom. The predicted molar refractivity (Wildman–Crippen MR) is 80.4 cm³/mol. The van der Waals surface area contributed by atoms with Crippen LogP contribution in [-0.4, -0.2) is 37.3 Å². The third kappa shape index (κ3) is 4.70. The van der Waals surface area contributed by atoms with Gasteiger partial charge in [0.1, 0.15) is 5.75 Å². The summed E-state index contributed by atoms with van der Waals surface area (Å²) >= 11 is 0. The molecule has 0 fully saturated rings. The summed E-state index contributed by atoms with van der Waals surface area (Å²) in [5, 5.41) is 13.1. The number of amides is 1. The third-order valence-electron chi connectivity index (χ3n) is 2.72. The molecule has 1 aromatic carbocycles. The summed E-state index contributed by atoms with van der Waals surface area (Å²) in [7, 11) is 2.48. The lowest BCUT2D eigenvalue weighted by Gasteiger charge is -2.16. The molecule has 0 aliphatic carbocycles. The van der Waals surface area contributed by atoms with Crippen LogP contribution in [-0.2, 0) is 14.3 Å². The number of anilines is 1. The molecule has 9 heteroatoms. The average molecular weight is 324 g/mol. The van der Waals surface area contributed by atoms with E-state index in [0.29, 0.717) is 0 Å². The largest absolute Gasteiger partial charge is 0.495 e. The van der Waals surface area contributed by atoms with Crippen molar-refractivity contribution < 1.29 is 28.7 Å². The van der Waals surface area contributed by atoms with Crippen molar-refractivity contribution in [1.29, 1.82) is 0 Å². The highest BCUT2D eigenvalue weighted by Gasteiger charge is 2.25. The van der Waals surface area contributed by atoms with E-state index in [2.05, 4.69) is 16.6 Å². The second-order valence-corrected chi connectivity index (χ2v) is 4.42. The maximum Gasteiger partial charge on any atom is 0.412 e. The molecular formula is C14H16N2O7. The number of ether oxygens (including phenoxy) is 3. The molecular weight excluding hydrogens is 308 g/mol. The van der Waals surface area contributed by atoms with Crippen LogP contribution in [0.25, 0.3) is 0 Å². The normalized spacial score (nSPS) is 11.1. The monoisotopic (exact) mass is 324 g/mol. The van der Waals surface area contributed by atoms with Gasteiger partial charge in [0.05, 0.1) is 24.8 Å². The van der Waals surface area contributed by atoms with Crippen LogP contribution in [0.4, 0.5) is 16.2 Å². The molecule has 0 saturated heterocycles. The fraction of sp³-hybridized carbons (Fsp3) is 0.286. The molecule has 0 radical (unpaired) electrons. The molecule has 9 nitrogen and oxygen atoms in total. The van der Waals surface area contributed by atoms with Crippen LogP contribution in [0.3, 0.4) is 0 Å². The molecule has 1 rings (SSSR count). The number of hydrogen-bond donors (Lipinski definition) is 1. The second kappa shape index (κ2) is 7.78. The number of nitro groups is 1. The van der Waals surface area contributed by atoms with E-state index in [1.54, 1.807) is 0 Å². The average Bonchev–Trinajstić information content (AvgIpc) is 2.51. The molecule has 0 bridgehead atoms. The fourth-order valence-electron chi connectivity index (χ4n) is 1.61. The van der Waals surface area contributed by atoms with Gasteiger partial charge in [-0.05, 0) is 18.6 Å². The van der Waals surface area contributed by atoms with Gasteiger partial charge in [0, 0.05) is 12.1 Å². The number of nitrogens with one attached hydrogen (secondary N) is 1. The van der Waals surface area contributed by atoms with Crippen LogP contribution in [0.5, 0.6) is 5.75 Å². The van der Waals surface area contributed by atoms with Crippen molar-refractivity contribution in [3.05, 3.63) is 40.5 Å². The van der Waals surface area contributed by atoms with Crippen LogP contribution in [0.2, 0.25) is 0 Å². The van der Waals surface area contributed by atoms with E-state index in [-0.39, 0.29) is 22.7 Å². The zero-order chi connectivity index (χ0) is 17.6. The number of nitrogens with zero attached hydrogens (tertiary/aromatic N) is 1. The van der Waals surface area contributed by atoms with Gasteiger partial charge in [-0.3, -0.25) is 15.4 Å². The lowest BCUT2D eigenvalue weighted by Crippen LogP contribution is -2.31. The van der Waals surface area contributed by atoms with Gasteiger partial charge in [-0.2, -0.15) is 0 Å². The van der Waals surface area contributed by atoms with E-state index < -0.39 is 23.1 Å². The van der Waals surface area contributed by atoms with Gasteiger partial charge in [-0.15, -0.1) is 0 Å². The van der Waals surface area contributed by atoms with E-state index in [1.807, 2.05) is 0 Å². The molecule has 0 aliphatic heterocycles. The minimum absolute atomic E-state index is 0.0250. The molecule has 1 unspecified atom stereocenters. The number of carbonyl (C=O) groups excluding carboxylic acids is 2. The standard InChI is InChI=1S/C14H16N2O7/c1-8(2)12(13(17)22-4)23-14(18)15-10-7-9(16(19)20)5-6-11(10)21-3/h5-7,12H,1H2,2-4H3,(H,15,18). The van der Waals surface area contributed by atoms with Gasteiger partial charge >= 0.3 is 12.1 Å². The number of rotatable bonds is 6. The first kappa shape index (κ1) is 18.0. The molecule has 1 amide bonds. The van der Waals surface area contributed by atoms with Crippen molar-refractivity contribution >= 4 is 23.4 Å². The third-order valence-corrected chi connectivity index (χ3v) is 2.72. The van der Waals surface area contributed by atoms with Crippen LogP contribution in [0.15, 0.2) is 30.4 Å². The van der Waals surface area contributed by atoms with E-state index in [4.69, 9.17) is 9.47 Å². The highest BCUT2D eigenvalue weighted by molar-refractivity contribution is 5.90. The highest BCUT2D eigenvalue weighted by Crippen LogP contribution is 2.29. The second-order valence-electron chi connectivity index (χ2n) is 4.42. The minimum atomic E-state index is -1.29. The number of non-ortho nitro benzene ring substituents is 1. The SMILES string of the molecule is C=C(C)C(OC(=O)Nc1cc([N+](=O)[O-])ccc1OC)C(=O)OC. The Hall–Kier alpha value is -3.10. The Morgan fingerprint density at radius 2 is 2.00 bits per heavy atom. The lowest BCUT2D eigenvalue weighted by atomic mass is 10.2. The Bertz CT molecular complexity index is 642. The van der Waals surface area contributed by atoms with Gasteiger partial charge in [-0.25, -0.2) is 9.59 Å². The Balaban J connectivity index is 2.95. The summed E-state index contributed by atoms with van der Waals surface area (Å²) in [5.74, 6) is -0.601. The fourth-order valence-corrected chi connectivity index (χ4v) is 1.61. The molecule has 0 aromatic heterocycles. The van der Waals surface area contributed by atoms with Gasteiger partial charge in [0.25, 0.3) is 5.69 Å². The first-order valence-corrected chi connectivity index (χ1v) is 6.33. The van der Waals surface area contributed by atoms with E-state index in [1.165, 1.54) is 26.2 Å². The van der Waals surface area contributed by atoms with Crippen LogP contribution in [0.1, 0.15) is 6.92 Å². The maximum absolute atomic E-state index is 11.9. The van der Waals surface area contributed by atoms with Crippen LogP contribution in [0, 0.1) is 10.1 Å². The first-order valence-electron chi connectivity index (χ1n) is 6.33. The van der Waals surface area contributed by atoms with Gasteiger partial charge in [-0.1, -0.05) is 6.58 Å². The van der Waals surface area contributed by atoms with Gasteiger partial charge < -0.3 is 14.2 Å². The van der Waals surface area contributed by atoms with E-state index in [9.17, 15) is 19.7 Å². The Labute approximate surface area is 132 Å². The number of benzene rings is 1. The minimum Gasteiger partial charge on any atom is -0.495 e. The Morgan fingerprint density at radius 3 is 2.48 bits per heavy atom. The molecule has 1 atom stereocenters. The zero-order valence-electron chi connectivity index (χ0n) is 12.8. The quantitative estimate of drug-likeness (QED) is 0.369. The molecule has 0 saturated carbocycles. The van der Waals surface area contributed by atoms with Crippen LogP contribution < -0.4 is 10.1 Å². The van der Waals surface area contributed by atoms with Crippen molar-refractivity contribution in [2.45, 2.75) is 13.0 Å². The van der Waals surface area contributed by atoms with Crippen molar-refractivity contribution in [2.24, 2.45) is 0 Å². The maximum atomic E-state index is 11.9. The van der Waals surface area contributed by atoms with Crippen molar-refractivity contribution in [1.82, 2.24) is 0 Å². The van der Waals surface area contributed by atoms with Crippen molar-refractivity contribution in [3.63, 3.8) is 0 Å². The summed E-state index contributed by atoms with van der Waals surface area (Å²) in [6.45, 7) is 5.02. The van der Waals surface area contributed by atoms with E-state index in [0.717, 1.165) is 13.2 Å². The summed E-state index contributed by atoms with van der Waals surface area (Å²) < 4.78 is 14.4.